The standard InChI is InChI=1S/C11H11BrF3NO2S/c12-9-5-7(11(13,14)15)1-2-10(9)16-8-3-4-19(17,18)6-8/h1-2,5,8,16H,3-4,6H2. The Morgan fingerprint density at radius 1 is 1.32 bits per heavy atom. The first-order valence-corrected chi connectivity index (χ1v) is 8.12. The molecule has 1 N–H and O–H groups in total. The number of benzene rings is 1. The lowest BCUT2D eigenvalue weighted by atomic mass is 10.2. The topological polar surface area (TPSA) is 46.2 Å². The van der Waals surface area contributed by atoms with Crippen LogP contribution in [-0.2, 0) is 16.0 Å². The molecule has 0 aromatic heterocycles. The van der Waals surface area contributed by atoms with Gasteiger partial charge in [0.2, 0.25) is 0 Å². The third-order valence-corrected chi connectivity index (χ3v) is 5.31. The van der Waals surface area contributed by atoms with Gasteiger partial charge in [0, 0.05) is 16.2 Å². The fourth-order valence-corrected chi connectivity index (χ4v) is 4.10. The molecule has 106 valence electrons. The maximum atomic E-state index is 12.5. The smallest absolute Gasteiger partial charge is 0.380 e. The lowest BCUT2D eigenvalue weighted by Gasteiger charge is -2.15. The maximum Gasteiger partial charge on any atom is 0.416 e. The van der Waals surface area contributed by atoms with Gasteiger partial charge in [-0.05, 0) is 40.5 Å². The van der Waals surface area contributed by atoms with E-state index in [1.165, 1.54) is 6.07 Å². The first kappa shape index (κ1) is 14.6. The Morgan fingerprint density at radius 2 is 2.00 bits per heavy atom. The minimum absolute atomic E-state index is 0.0143. The van der Waals surface area contributed by atoms with Crippen molar-refractivity contribution in [1.82, 2.24) is 0 Å². The van der Waals surface area contributed by atoms with Crippen molar-refractivity contribution in [3.8, 4) is 0 Å². The summed E-state index contributed by atoms with van der Waals surface area (Å²) in [7, 11) is -3.02. The molecule has 2 rings (SSSR count). The van der Waals surface area contributed by atoms with Gasteiger partial charge < -0.3 is 5.32 Å². The van der Waals surface area contributed by atoms with E-state index in [1.807, 2.05) is 0 Å². The Balaban J connectivity index is 2.15. The molecular weight excluding hydrogens is 347 g/mol. The lowest BCUT2D eigenvalue weighted by Crippen LogP contribution is -2.20. The largest absolute Gasteiger partial charge is 0.416 e. The molecule has 0 radical (unpaired) electrons. The molecule has 0 aliphatic carbocycles. The zero-order valence-corrected chi connectivity index (χ0v) is 12.1. The van der Waals surface area contributed by atoms with Crippen molar-refractivity contribution < 1.29 is 21.6 Å². The summed E-state index contributed by atoms with van der Waals surface area (Å²) in [5.41, 5.74) is -0.279. The van der Waals surface area contributed by atoms with Gasteiger partial charge in [0.05, 0.1) is 17.1 Å². The molecule has 1 unspecified atom stereocenters. The summed E-state index contributed by atoms with van der Waals surface area (Å²) in [6.45, 7) is 0. The minimum atomic E-state index is -4.39. The van der Waals surface area contributed by atoms with Crippen LogP contribution in [0.5, 0.6) is 0 Å². The molecule has 1 aliphatic heterocycles. The molecule has 8 heteroatoms. The van der Waals surface area contributed by atoms with Crippen molar-refractivity contribution in [2.45, 2.75) is 18.6 Å². The number of sulfone groups is 1. The van der Waals surface area contributed by atoms with Crippen molar-refractivity contribution in [2.75, 3.05) is 16.8 Å². The van der Waals surface area contributed by atoms with Gasteiger partial charge >= 0.3 is 6.18 Å². The summed E-state index contributed by atoms with van der Waals surface area (Å²) in [5.74, 6) is 0.128. The Labute approximate surface area is 117 Å². The number of nitrogens with one attached hydrogen (secondary N) is 1. The normalized spacial score (nSPS) is 22.4. The molecule has 0 spiro atoms. The molecule has 1 heterocycles. The highest BCUT2D eigenvalue weighted by molar-refractivity contribution is 9.10. The monoisotopic (exact) mass is 357 g/mol. The Bertz CT molecular complexity index is 586. The number of hydrogen-bond donors (Lipinski definition) is 1. The van der Waals surface area contributed by atoms with Crippen LogP contribution in [0.3, 0.4) is 0 Å². The van der Waals surface area contributed by atoms with Crippen LogP contribution in [0, 0.1) is 0 Å². The van der Waals surface area contributed by atoms with Crippen molar-refractivity contribution in [2.24, 2.45) is 0 Å². The Hall–Kier alpha value is -0.760. The zero-order valence-electron chi connectivity index (χ0n) is 9.67. The first-order valence-electron chi connectivity index (χ1n) is 5.51. The van der Waals surface area contributed by atoms with Crippen LogP contribution in [0.2, 0.25) is 0 Å². The van der Waals surface area contributed by atoms with Gasteiger partial charge in [-0.3, -0.25) is 0 Å². The molecule has 0 saturated carbocycles. The molecule has 1 atom stereocenters. The van der Waals surface area contributed by atoms with Gasteiger partial charge in [0.1, 0.15) is 0 Å². The summed E-state index contributed by atoms with van der Waals surface area (Å²) in [5, 5.41) is 2.95. The van der Waals surface area contributed by atoms with Gasteiger partial charge in [-0.1, -0.05) is 0 Å². The van der Waals surface area contributed by atoms with E-state index in [0.29, 0.717) is 12.1 Å². The van der Waals surface area contributed by atoms with Crippen molar-refractivity contribution in [3.63, 3.8) is 0 Å². The van der Waals surface area contributed by atoms with Crippen LogP contribution in [0.15, 0.2) is 22.7 Å². The SMILES string of the molecule is O=S1(=O)CCC(Nc2ccc(C(F)(F)F)cc2Br)C1. The number of alkyl halides is 3. The third kappa shape index (κ3) is 3.62. The number of anilines is 1. The molecule has 0 bridgehead atoms. The summed E-state index contributed by atoms with van der Waals surface area (Å²) in [6.07, 6.45) is -3.92. The Morgan fingerprint density at radius 3 is 2.47 bits per heavy atom. The zero-order chi connectivity index (χ0) is 14.3. The molecule has 1 aromatic carbocycles. The van der Waals surface area contributed by atoms with Gasteiger partial charge in [-0.15, -0.1) is 0 Å². The van der Waals surface area contributed by atoms with Crippen LogP contribution < -0.4 is 5.32 Å². The second-order valence-corrected chi connectivity index (χ2v) is 7.52. The summed E-state index contributed by atoms with van der Waals surface area (Å²) < 4.78 is 60.3. The first-order chi connectivity index (χ1) is 8.67. The van der Waals surface area contributed by atoms with E-state index in [0.717, 1.165) is 12.1 Å². The van der Waals surface area contributed by atoms with E-state index in [-0.39, 0.29) is 22.0 Å². The van der Waals surface area contributed by atoms with Crippen LogP contribution in [0.25, 0.3) is 0 Å². The van der Waals surface area contributed by atoms with E-state index in [4.69, 9.17) is 0 Å². The fraction of sp³-hybridized carbons (Fsp3) is 0.455. The van der Waals surface area contributed by atoms with Gasteiger partial charge in [-0.25, -0.2) is 8.42 Å². The summed E-state index contributed by atoms with van der Waals surface area (Å²) in [6, 6.07) is 3.00. The van der Waals surface area contributed by atoms with Gasteiger partial charge in [0.25, 0.3) is 0 Å². The van der Waals surface area contributed by atoms with Crippen LogP contribution in [0.1, 0.15) is 12.0 Å². The molecule has 1 aromatic rings. The average molecular weight is 358 g/mol. The van der Waals surface area contributed by atoms with E-state index < -0.39 is 21.6 Å². The average Bonchev–Trinajstić information content (AvgIpc) is 2.59. The summed E-state index contributed by atoms with van der Waals surface area (Å²) >= 11 is 3.06. The van der Waals surface area contributed by atoms with Crippen LogP contribution in [-0.4, -0.2) is 26.0 Å². The van der Waals surface area contributed by atoms with Crippen LogP contribution in [0.4, 0.5) is 18.9 Å². The predicted molar refractivity (Wildman–Crippen MR) is 69.8 cm³/mol. The molecule has 1 fully saturated rings. The highest BCUT2D eigenvalue weighted by Gasteiger charge is 2.32. The second-order valence-electron chi connectivity index (χ2n) is 4.44. The van der Waals surface area contributed by atoms with E-state index >= 15 is 0 Å². The lowest BCUT2D eigenvalue weighted by molar-refractivity contribution is -0.137. The predicted octanol–water partition coefficient (Wildman–Crippen LogP) is 3.07. The Kier molecular flexibility index (Phi) is 3.83. The van der Waals surface area contributed by atoms with Crippen LogP contribution >= 0.6 is 15.9 Å². The molecule has 1 aliphatic rings. The number of hydrogen-bond acceptors (Lipinski definition) is 3. The van der Waals surface area contributed by atoms with Crippen molar-refractivity contribution >= 4 is 31.5 Å². The van der Waals surface area contributed by atoms with E-state index in [9.17, 15) is 21.6 Å². The highest BCUT2D eigenvalue weighted by atomic mass is 79.9. The highest BCUT2D eigenvalue weighted by Crippen LogP contribution is 2.34. The van der Waals surface area contributed by atoms with E-state index in [1.54, 1.807) is 0 Å². The van der Waals surface area contributed by atoms with Gasteiger partial charge in [-0.2, -0.15) is 13.2 Å². The van der Waals surface area contributed by atoms with E-state index in [2.05, 4.69) is 21.2 Å². The third-order valence-electron chi connectivity index (χ3n) is 2.89. The maximum absolute atomic E-state index is 12.5. The van der Waals surface area contributed by atoms with Gasteiger partial charge in [0.15, 0.2) is 9.84 Å². The minimum Gasteiger partial charge on any atom is -0.380 e. The molecule has 19 heavy (non-hydrogen) atoms. The molecular formula is C11H11BrF3NO2S. The molecule has 0 amide bonds. The fourth-order valence-electron chi connectivity index (χ4n) is 1.94. The van der Waals surface area contributed by atoms with Crippen molar-refractivity contribution in [1.29, 1.82) is 0 Å². The second kappa shape index (κ2) is 4.97. The number of halogens is 4. The quantitative estimate of drug-likeness (QED) is 0.884. The molecule has 3 nitrogen and oxygen atoms in total. The van der Waals surface area contributed by atoms with Crippen molar-refractivity contribution in [3.05, 3.63) is 28.2 Å². The summed E-state index contributed by atoms with van der Waals surface area (Å²) in [4.78, 5) is 0. The molecule has 1 saturated heterocycles. The number of rotatable bonds is 2.